The first kappa shape index (κ1) is 18.9. The van der Waals surface area contributed by atoms with Crippen LogP contribution in [-0.4, -0.2) is 21.2 Å². The third kappa shape index (κ3) is 3.92. The van der Waals surface area contributed by atoms with E-state index in [1.807, 2.05) is 18.2 Å². The van der Waals surface area contributed by atoms with Crippen LogP contribution in [0, 0.1) is 6.92 Å². The van der Waals surface area contributed by atoms with Gasteiger partial charge in [-0.1, -0.05) is 18.2 Å². The van der Waals surface area contributed by atoms with Crippen LogP contribution >= 0.6 is 0 Å². The van der Waals surface area contributed by atoms with Gasteiger partial charge in [-0.2, -0.15) is 5.10 Å². The second-order valence-corrected chi connectivity index (χ2v) is 7.44. The average Bonchev–Trinajstić information content (AvgIpc) is 2.74. The summed E-state index contributed by atoms with van der Waals surface area (Å²) in [6.07, 6.45) is 4.33. The summed E-state index contributed by atoms with van der Waals surface area (Å²) in [5.41, 5.74) is 5.40. The minimum Gasteiger partial charge on any atom is -0.508 e. The highest BCUT2D eigenvalue weighted by molar-refractivity contribution is 6.04. The van der Waals surface area contributed by atoms with Gasteiger partial charge in [0.05, 0.1) is 5.69 Å². The van der Waals surface area contributed by atoms with E-state index in [0.29, 0.717) is 23.2 Å². The second kappa shape index (κ2) is 7.91. The molecule has 3 aromatic rings. The van der Waals surface area contributed by atoms with E-state index in [0.717, 1.165) is 48.1 Å². The molecule has 148 valence electrons. The molecule has 0 fully saturated rings. The molecule has 0 aliphatic heterocycles. The van der Waals surface area contributed by atoms with Gasteiger partial charge in [0.2, 0.25) is 0 Å². The summed E-state index contributed by atoms with van der Waals surface area (Å²) in [6.45, 7) is 1.76. The highest BCUT2D eigenvalue weighted by Crippen LogP contribution is 2.25. The predicted molar refractivity (Wildman–Crippen MR) is 112 cm³/mol. The van der Waals surface area contributed by atoms with E-state index < -0.39 is 0 Å². The molecule has 1 aliphatic rings. The van der Waals surface area contributed by atoms with Crippen molar-refractivity contribution >= 4 is 11.6 Å². The number of rotatable bonds is 4. The largest absolute Gasteiger partial charge is 0.508 e. The summed E-state index contributed by atoms with van der Waals surface area (Å²) in [5.74, 6) is -0.0949. The number of aromatic hydroxyl groups is 1. The molecule has 1 heterocycles. The van der Waals surface area contributed by atoms with E-state index in [-0.39, 0.29) is 17.2 Å². The molecule has 0 radical (unpaired) electrons. The molecule has 4 rings (SSSR count). The fourth-order valence-corrected chi connectivity index (χ4v) is 3.84. The Kier molecular flexibility index (Phi) is 5.16. The van der Waals surface area contributed by atoms with Gasteiger partial charge in [-0.25, -0.2) is 5.10 Å². The van der Waals surface area contributed by atoms with Crippen molar-refractivity contribution in [3.8, 4) is 5.75 Å². The molecule has 0 spiro atoms. The summed E-state index contributed by atoms with van der Waals surface area (Å²) >= 11 is 0. The van der Waals surface area contributed by atoms with E-state index in [1.165, 1.54) is 0 Å². The maximum absolute atomic E-state index is 12.7. The molecule has 1 aromatic heterocycles. The number of nitrogens with one attached hydrogen (secondary N) is 2. The van der Waals surface area contributed by atoms with Crippen LogP contribution < -0.4 is 10.9 Å². The second-order valence-electron chi connectivity index (χ2n) is 7.44. The molecule has 6 heteroatoms. The molecular formula is C23H23N3O3. The maximum Gasteiger partial charge on any atom is 0.267 e. The Labute approximate surface area is 168 Å². The molecule has 1 amide bonds. The van der Waals surface area contributed by atoms with Crippen molar-refractivity contribution in [1.82, 2.24) is 10.2 Å². The number of anilines is 1. The number of nitrogens with zero attached hydrogens (tertiary/aromatic N) is 1. The van der Waals surface area contributed by atoms with E-state index in [9.17, 15) is 14.7 Å². The van der Waals surface area contributed by atoms with Crippen LogP contribution in [-0.2, 0) is 19.3 Å². The lowest BCUT2D eigenvalue weighted by atomic mass is 9.90. The molecule has 0 saturated heterocycles. The Bertz CT molecular complexity index is 1130. The van der Waals surface area contributed by atoms with Crippen molar-refractivity contribution in [2.45, 2.75) is 39.0 Å². The van der Waals surface area contributed by atoms with Gasteiger partial charge in [-0.3, -0.25) is 9.59 Å². The van der Waals surface area contributed by atoms with Crippen molar-refractivity contribution in [3.05, 3.63) is 86.3 Å². The smallest absolute Gasteiger partial charge is 0.267 e. The highest BCUT2D eigenvalue weighted by atomic mass is 16.3. The standard InChI is InChI=1S/C23H23N3O3/c1-14-19(10-5-11-21(14)27)24-22(28)16-7-4-6-15(12-16)13-20-17-8-2-3-9-18(17)23(29)26-25-20/h4-7,10-12,27H,2-3,8-9,13H2,1H3,(H,24,28)(H,26,29). The number of benzene rings is 2. The normalized spacial score (nSPS) is 13.0. The number of phenolic OH excluding ortho intramolecular Hbond substituents is 1. The average molecular weight is 389 g/mol. The number of hydrogen-bond acceptors (Lipinski definition) is 4. The summed E-state index contributed by atoms with van der Waals surface area (Å²) in [6, 6.07) is 12.4. The molecular weight excluding hydrogens is 366 g/mol. The van der Waals surface area contributed by atoms with Gasteiger partial charge in [-0.15, -0.1) is 0 Å². The van der Waals surface area contributed by atoms with Gasteiger partial charge in [0.1, 0.15) is 5.75 Å². The molecule has 0 bridgehead atoms. The maximum atomic E-state index is 12.7. The third-order valence-electron chi connectivity index (χ3n) is 5.50. The van der Waals surface area contributed by atoms with Crippen molar-refractivity contribution in [2.24, 2.45) is 0 Å². The first-order chi connectivity index (χ1) is 14.0. The quantitative estimate of drug-likeness (QED) is 0.636. The lowest BCUT2D eigenvalue weighted by Crippen LogP contribution is -2.23. The molecule has 2 aromatic carbocycles. The molecule has 0 atom stereocenters. The zero-order valence-electron chi connectivity index (χ0n) is 16.3. The van der Waals surface area contributed by atoms with Crippen LogP contribution in [0.15, 0.2) is 47.3 Å². The highest BCUT2D eigenvalue weighted by Gasteiger charge is 2.18. The zero-order valence-corrected chi connectivity index (χ0v) is 16.3. The molecule has 29 heavy (non-hydrogen) atoms. The first-order valence-electron chi connectivity index (χ1n) is 9.81. The van der Waals surface area contributed by atoms with Gasteiger partial charge >= 0.3 is 0 Å². The molecule has 6 nitrogen and oxygen atoms in total. The minimum absolute atomic E-state index is 0.0851. The van der Waals surface area contributed by atoms with Gasteiger partial charge in [0.15, 0.2) is 0 Å². The lowest BCUT2D eigenvalue weighted by molar-refractivity contribution is 0.102. The van der Waals surface area contributed by atoms with Crippen LogP contribution in [0.1, 0.15) is 51.1 Å². The molecule has 1 aliphatic carbocycles. The Morgan fingerprint density at radius 1 is 1.14 bits per heavy atom. The summed E-state index contributed by atoms with van der Waals surface area (Å²) in [7, 11) is 0. The molecule has 0 saturated carbocycles. The Balaban J connectivity index is 1.57. The van der Waals surface area contributed by atoms with Crippen LogP contribution in [0.4, 0.5) is 5.69 Å². The van der Waals surface area contributed by atoms with E-state index >= 15 is 0 Å². The van der Waals surface area contributed by atoms with Gasteiger partial charge in [0, 0.05) is 28.8 Å². The first-order valence-corrected chi connectivity index (χ1v) is 9.81. The van der Waals surface area contributed by atoms with Crippen LogP contribution in [0.5, 0.6) is 5.75 Å². The monoisotopic (exact) mass is 389 g/mol. The number of H-pyrrole nitrogens is 1. The summed E-state index contributed by atoms with van der Waals surface area (Å²) in [5, 5.41) is 19.6. The van der Waals surface area contributed by atoms with Crippen molar-refractivity contribution in [3.63, 3.8) is 0 Å². The van der Waals surface area contributed by atoms with Crippen molar-refractivity contribution < 1.29 is 9.90 Å². The van der Waals surface area contributed by atoms with E-state index in [2.05, 4.69) is 15.5 Å². The Morgan fingerprint density at radius 3 is 2.72 bits per heavy atom. The number of carbonyl (C=O) groups is 1. The van der Waals surface area contributed by atoms with Crippen LogP contribution in [0.25, 0.3) is 0 Å². The summed E-state index contributed by atoms with van der Waals surface area (Å²) in [4.78, 5) is 24.8. The number of amides is 1. The van der Waals surface area contributed by atoms with Gasteiger partial charge in [-0.05, 0) is 68.0 Å². The van der Waals surface area contributed by atoms with Crippen LogP contribution in [0.3, 0.4) is 0 Å². The SMILES string of the molecule is Cc1c(O)cccc1NC(=O)c1cccc(Cc2n[nH]c(=O)c3c2CCCC3)c1. The number of aromatic nitrogens is 2. The number of fused-ring (bicyclic) bond motifs is 1. The van der Waals surface area contributed by atoms with E-state index in [1.54, 1.807) is 31.2 Å². The minimum atomic E-state index is -0.239. The number of phenols is 1. The summed E-state index contributed by atoms with van der Waals surface area (Å²) < 4.78 is 0. The van der Waals surface area contributed by atoms with Crippen molar-refractivity contribution in [2.75, 3.05) is 5.32 Å². The van der Waals surface area contributed by atoms with E-state index in [4.69, 9.17) is 0 Å². The molecule has 3 N–H and O–H groups in total. The third-order valence-corrected chi connectivity index (χ3v) is 5.50. The fourth-order valence-electron chi connectivity index (χ4n) is 3.84. The zero-order chi connectivity index (χ0) is 20.4. The fraction of sp³-hybridized carbons (Fsp3) is 0.261. The van der Waals surface area contributed by atoms with Crippen LogP contribution in [0.2, 0.25) is 0 Å². The predicted octanol–water partition coefficient (Wildman–Crippen LogP) is 3.51. The Morgan fingerprint density at radius 2 is 1.90 bits per heavy atom. The molecule has 0 unspecified atom stereocenters. The number of aromatic amines is 1. The lowest BCUT2D eigenvalue weighted by Gasteiger charge is -2.17. The van der Waals surface area contributed by atoms with Crippen molar-refractivity contribution in [1.29, 1.82) is 0 Å². The van der Waals surface area contributed by atoms with Gasteiger partial charge < -0.3 is 10.4 Å². The number of hydrogen-bond donors (Lipinski definition) is 3. The topological polar surface area (TPSA) is 95.1 Å². The Hall–Kier alpha value is -3.41. The number of carbonyl (C=O) groups excluding carboxylic acids is 1. The van der Waals surface area contributed by atoms with Gasteiger partial charge in [0.25, 0.3) is 11.5 Å².